The highest BCUT2D eigenvalue weighted by molar-refractivity contribution is 6.34. The number of fused-ring (bicyclic) bond motifs is 3. The maximum absolute atomic E-state index is 13.2. The summed E-state index contributed by atoms with van der Waals surface area (Å²) >= 11 is 6.82. The van der Waals surface area contributed by atoms with Crippen molar-refractivity contribution in [3.63, 3.8) is 0 Å². The van der Waals surface area contributed by atoms with Crippen molar-refractivity contribution < 1.29 is 23.7 Å². The number of ether oxygens (including phenoxy) is 4. The summed E-state index contributed by atoms with van der Waals surface area (Å²) in [6.07, 6.45) is 0.888. The maximum Gasteiger partial charge on any atom is 0.251 e. The van der Waals surface area contributed by atoms with Crippen molar-refractivity contribution in [3.8, 4) is 40.2 Å². The second-order valence-electron chi connectivity index (χ2n) is 8.30. The molecule has 0 heterocycles. The number of benzene rings is 2. The zero-order valence-electron chi connectivity index (χ0n) is 20.8. The van der Waals surface area contributed by atoms with Crippen LogP contribution in [-0.4, -0.2) is 34.3 Å². The van der Waals surface area contributed by atoms with Gasteiger partial charge in [-0.05, 0) is 65.9 Å². The number of methoxy groups -OCH3 is 4. The third kappa shape index (κ3) is 4.66. The van der Waals surface area contributed by atoms with E-state index in [2.05, 4.69) is 5.32 Å². The second kappa shape index (κ2) is 10.8. The molecular formula is C28H25ClN2O6. The number of carbonyl (C=O) groups excluding carboxylic acids is 1. The molecule has 190 valence electrons. The second-order valence-corrected chi connectivity index (χ2v) is 8.68. The number of rotatable bonds is 6. The molecule has 1 N–H and O–H groups in total. The molecule has 0 unspecified atom stereocenters. The minimum atomic E-state index is -0.548. The highest BCUT2D eigenvalue weighted by Gasteiger charge is 2.32. The molecule has 4 rings (SSSR count). The number of nitriles is 1. The molecule has 0 saturated carbocycles. The van der Waals surface area contributed by atoms with Crippen molar-refractivity contribution in [2.75, 3.05) is 28.4 Å². The fourth-order valence-electron chi connectivity index (χ4n) is 4.63. The van der Waals surface area contributed by atoms with Gasteiger partial charge in [0.05, 0.1) is 51.1 Å². The van der Waals surface area contributed by atoms with E-state index >= 15 is 0 Å². The first-order chi connectivity index (χ1) is 17.9. The largest absolute Gasteiger partial charge is 0.493 e. The average Bonchev–Trinajstić information content (AvgIpc) is 3.17. The predicted molar refractivity (Wildman–Crippen MR) is 139 cm³/mol. The van der Waals surface area contributed by atoms with Gasteiger partial charge in [0.25, 0.3) is 5.91 Å². The standard InChI is InChI=1S/C28H25ClN2O6/c1-34-22-12-10-17-19(13-21(22)32)20(31-28(33)16-7-5-15(14-30)6-8-16)11-9-18-23(17)25(35-2)27(37-4)26(36-3)24(18)29/h5-8,10,12-13,20H,9,11H2,1-4H3,(H,31,33)/t20-/m0/s1. The Morgan fingerprint density at radius 1 is 0.973 bits per heavy atom. The van der Waals surface area contributed by atoms with Crippen LogP contribution in [0.2, 0.25) is 5.02 Å². The summed E-state index contributed by atoms with van der Waals surface area (Å²) in [5.74, 6) is 0.865. The predicted octanol–water partition coefficient (Wildman–Crippen LogP) is 4.69. The Kier molecular flexibility index (Phi) is 7.55. The number of halogens is 1. The van der Waals surface area contributed by atoms with Gasteiger partial charge in [0, 0.05) is 11.1 Å². The van der Waals surface area contributed by atoms with E-state index in [-0.39, 0.29) is 17.1 Å². The van der Waals surface area contributed by atoms with Gasteiger partial charge >= 0.3 is 0 Å². The van der Waals surface area contributed by atoms with E-state index in [0.717, 1.165) is 5.56 Å². The normalized spacial score (nSPS) is 13.8. The van der Waals surface area contributed by atoms with Gasteiger partial charge in [-0.25, -0.2) is 0 Å². The Balaban J connectivity index is 1.95. The van der Waals surface area contributed by atoms with Gasteiger partial charge in [-0.3, -0.25) is 9.59 Å². The van der Waals surface area contributed by atoms with E-state index in [9.17, 15) is 9.59 Å². The third-order valence-electron chi connectivity index (χ3n) is 6.39. The van der Waals surface area contributed by atoms with Crippen molar-refractivity contribution in [1.82, 2.24) is 5.32 Å². The van der Waals surface area contributed by atoms with Gasteiger partial charge in [-0.15, -0.1) is 0 Å². The number of nitrogens with zero attached hydrogens (tertiary/aromatic N) is 1. The molecule has 1 atom stereocenters. The van der Waals surface area contributed by atoms with Crippen LogP contribution in [0.25, 0.3) is 11.1 Å². The maximum atomic E-state index is 13.2. The Bertz CT molecular complexity index is 1460. The molecule has 37 heavy (non-hydrogen) atoms. The minimum absolute atomic E-state index is 0.150. The van der Waals surface area contributed by atoms with E-state index < -0.39 is 6.04 Å². The summed E-state index contributed by atoms with van der Waals surface area (Å²) in [6, 6.07) is 12.6. The molecule has 9 heteroatoms. The monoisotopic (exact) mass is 520 g/mol. The molecule has 0 aromatic heterocycles. The van der Waals surface area contributed by atoms with E-state index in [0.29, 0.717) is 62.9 Å². The van der Waals surface area contributed by atoms with Crippen LogP contribution >= 0.6 is 11.6 Å². The van der Waals surface area contributed by atoms with Crippen LogP contribution in [0.15, 0.2) is 47.3 Å². The summed E-state index contributed by atoms with van der Waals surface area (Å²) in [5, 5.41) is 12.5. The van der Waals surface area contributed by atoms with Gasteiger partial charge in [-0.1, -0.05) is 17.7 Å². The molecule has 3 aromatic rings. The highest BCUT2D eigenvalue weighted by atomic mass is 35.5. The highest BCUT2D eigenvalue weighted by Crippen LogP contribution is 2.54. The molecule has 0 aliphatic heterocycles. The molecule has 0 bridgehead atoms. The Morgan fingerprint density at radius 3 is 2.24 bits per heavy atom. The van der Waals surface area contributed by atoms with Gasteiger partial charge < -0.3 is 24.3 Å². The minimum Gasteiger partial charge on any atom is -0.493 e. The average molecular weight is 521 g/mol. The zero-order valence-corrected chi connectivity index (χ0v) is 21.6. The first-order valence-corrected chi connectivity index (χ1v) is 11.8. The van der Waals surface area contributed by atoms with Crippen molar-refractivity contribution >= 4 is 17.5 Å². The number of nitrogens with one attached hydrogen (secondary N) is 1. The third-order valence-corrected chi connectivity index (χ3v) is 6.79. The summed E-state index contributed by atoms with van der Waals surface area (Å²) in [7, 11) is 5.93. The lowest BCUT2D eigenvalue weighted by atomic mass is 9.95. The number of amides is 1. The van der Waals surface area contributed by atoms with Crippen molar-refractivity contribution in [3.05, 3.63) is 80.0 Å². The fraction of sp³-hybridized carbons (Fsp3) is 0.250. The fourth-order valence-corrected chi connectivity index (χ4v) is 4.98. The molecule has 0 fully saturated rings. The molecule has 0 spiro atoms. The smallest absolute Gasteiger partial charge is 0.251 e. The van der Waals surface area contributed by atoms with E-state index in [1.165, 1.54) is 34.5 Å². The van der Waals surface area contributed by atoms with Crippen LogP contribution in [0.4, 0.5) is 0 Å². The first-order valence-electron chi connectivity index (χ1n) is 11.4. The number of carbonyl (C=O) groups is 1. The van der Waals surface area contributed by atoms with Crippen molar-refractivity contribution in [2.24, 2.45) is 0 Å². The summed E-state index contributed by atoms with van der Waals surface area (Å²) in [5.41, 5.74) is 3.11. The van der Waals surface area contributed by atoms with Gasteiger partial charge in [-0.2, -0.15) is 5.26 Å². The Morgan fingerprint density at radius 2 is 1.65 bits per heavy atom. The molecule has 0 saturated heterocycles. The molecule has 1 aliphatic rings. The summed E-state index contributed by atoms with van der Waals surface area (Å²) in [4.78, 5) is 26.2. The number of hydrogen-bond donors (Lipinski definition) is 1. The van der Waals surface area contributed by atoms with Crippen LogP contribution < -0.4 is 29.7 Å². The van der Waals surface area contributed by atoms with Gasteiger partial charge in [0.1, 0.15) is 0 Å². The topological polar surface area (TPSA) is 107 Å². The van der Waals surface area contributed by atoms with Crippen LogP contribution in [-0.2, 0) is 6.42 Å². The van der Waals surface area contributed by atoms with E-state index in [1.54, 1.807) is 36.4 Å². The summed E-state index contributed by atoms with van der Waals surface area (Å²) < 4.78 is 22.2. The molecule has 1 aliphatic carbocycles. The van der Waals surface area contributed by atoms with E-state index in [1.807, 2.05) is 6.07 Å². The van der Waals surface area contributed by atoms with E-state index in [4.69, 9.17) is 35.8 Å². The Hall–Kier alpha value is -4.22. The Labute approximate surface area is 219 Å². The summed E-state index contributed by atoms with van der Waals surface area (Å²) in [6.45, 7) is 0. The van der Waals surface area contributed by atoms with Crippen LogP contribution in [0.5, 0.6) is 23.0 Å². The SMILES string of the molecule is COc1c(Cl)c2c(c(OC)c1OC)-c1ccc(OC)c(=O)cc1[C@@H](NC(=O)c1ccc(C#N)cc1)CC2. The molecule has 3 aromatic carbocycles. The van der Waals surface area contributed by atoms with Crippen LogP contribution in [0, 0.1) is 11.3 Å². The van der Waals surface area contributed by atoms with Crippen LogP contribution in [0.1, 0.15) is 39.5 Å². The number of hydrogen-bond acceptors (Lipinski definition) is 7. The molecule has 1 amide bonds. The first kappa shape index (κ1) is 25.9. The van der Waals surface area contributed by atoms with Crippen LogP contribution in [0.3, 0.4) is 0 Å². The lowest BCUT2D eigenvalue weighted by molar-refractivity contribution is 0.0935. The zero-order chi connectivity index (χ0) is 26.7. The molecule has 8 nitrogen and oxygen atoms in total. The van der Waals surface area contributed by atoms with Gasteiger partial charge in [0.2, 0.25) is 11.2 Å². The lowest BCUT2D eigenvalue weighted by Crippen LogP contribution is -2.29. The molecule has 0 radical (unpaired) electrons. The van der Waals surface area contributed by atoms with Gasteiger partial charge in [0.15, 0.2) is 17.2 Å². The quantitative estimate of drug-likeness (QED) is 0.502. The van der Waals surface area contributed by atoms with Crippen molar-refractivity contribution in [1.29, 1.82) is 5.26 Å². The van der Waals surface area contributed by atoms with Crippen molar-refractivity contribution in [2.45, 2.75) is 18.9 Å². The lowest BCUT2D eigenvalue weighted by Gasteiger charge is -2.21. The molecular weight excluding hydrogens is 496 g/mol.